The number of aliphatic hydroxyl groups is 1. The van der Waals surface area contributed by atoms with E-state index in [0.29, 0.717) is 13.0 Å². The van der Waals surface area contributed by atoms with Crippen LogP contribution in [-0.2, 0) is 4.79 Å². The molecule has 0 heterocycles. The van der Waals surface area contributed by atoms with E-state index in [0.717, 1.165) is 31.4 Å². The second-order valence-corrected chi connectivity index (χ2v) is 6.21. The van der Waals surface area contributed by atoms with Crippen LogP contribution >= 0.6 is 0 Å². The fourth-order valence-corrected chi connectivity index (χ4v) is 2.84. The van der Waals surface area contributed by atoms with Gasteiger partial charge in [0.2, 0.25) is 5.91 Å². The highest BCUT2D eigenvalue weighted by Crippen LogP contribution is 2.28. The van der Waals surface area contributed by atoms with Crippen LogP contribution in [0.1, 0.15) is 39.0 Å². The first-order chi connectivity index (χ1) is 10.0. The Balaban J connectivity index is 1.79. The van der Waals surface area contributed by atoms with Crippen molar-refractivity contribution in [1.82, 2.24) is 5.32 Å². The first-order valence-corrected chi connectivity index (χ1v) is 7.77. The Hall–Kier alpha value is -1.39. The van der Waals surface area contributed by atoms with Crippen molar-refractivity contribution in [2.75, 3.05) is 18.5 Å². The molecule has 4 heteroatoms. The van der Waals surface area contributed by atoms with E-state index in [9.17, 15) is 9.90 Å². The summed E-state index contributed by atoms with van der Waals surface area (Å²) in [6, 6.07) is 9.71. The Kier molecular flexibility index (Phi) is 5.37. The normalized spacial score (nSPS) is 18.4. The lowest BCUT2D eigenvalue weighted by Crippen LogP contribution is -2.43. The Morgan fingerprint density at radius 3 is 2.57 bits per heavy atom. The smallest absolute Gasteiger partial charge is 0.228 e. The Morgan fingerprint density at radius 2 is 1.95 bits per heavy atom. The van der Waals surface area contributed by atoms with Gasteiger partial charge in [-0.05, 0) is 31.9 Å². The van der Waals surface area contributed by atoms with E-state index in [1.165, 1.54) is 0 Å². The van der Waals surface area contributed by atoms with Gasteiger partial charge >= 0.3 is 0 Å². The van der Waals surface area contributed by atoms with E-state index >= 15 is 0 Å². The van der Waals surface area contributed by atoms with Crippen molar-refractivity contribution in [1.29, 1.82) is 0 Å². The molecule has 2 N–H and O–H groups in total. The third-order valence-corrected chi connectivity index (χ3v) is 4.31. The summed E-state index contributed by atoms with van der Waals surface area (Å²) in [7, 11) is 1.80. The molecule has 0 bridgehead atoms. The van der Waals surface area contributed by atoms with Gasteiger partial charge in [0.25, 0.3) is 0 Å². The fraction of sp³-hybridized carbons (Fsp3) is 0.588. The monoisotopic (exact) mass is 290 g/mol. The van der Waals surface area contributed by atoms with Gasteiger partial charge in [-0.15, -0.1) is 0 Å². The maximum absolute atomic E-state index is 12.3. The molecule has 1 amide bonds. The van der Waals surface area contributed by atoms with Gasteiger partial charge < -0.3 is 15.3 Å². The van der Waals surface area contributed by atoms with Crippen molar-refractivity contribution in [3.63, 3.8) is 0 Å². The van der Waals surface area contributed by atoms with E-state index in [-0.39, 0.29) is 11.9 Å². The fourth-order valence-electron chi connectivity index (χ4n) is 2.84. The van der Waals surface area contributed by atoms with Crippen molar-refractivity contribution in [2.45, 2.75) is 50.7 Å². The summed E-state index contributed by atoms with van der Waals surface area (Å²) < 4.78 is 0. The molecule has 4 nitrogen and oxygen atoms in total. The van der Waals surface area contributed by atoms with Gasteiger partial charge in [-0.2, -0.15) is 0 Å². The summed E-state index contributed by atoms with van der Waals surface area (Å²) in [5, 5.41) is 13.6. The molecule has 1 aromatic rings. The number of carbonyl (C=O) groups is 1. The van der Waals surface area contributed by atoms with Crippen LogP contribution in [0, 0.1) is 0 Å². The molecule has 0 radical (unpaired) electrons. The van der Waals surface area contributed by atoms with Gasteiger partial charge in [0.15, 0.2) is 0 Å². The number of nitrogens with one attached hydrogen (secondary N) is 1. The van der Waals surface area contributed by atoms with E-state index in [2.05, 4.69) is 5.32 Å². The number of anilines is 1. The molecule has 0 aromatic heterocycles. The molecule has 2 rings (SSSR count). The number of hydrogen-bond donors (Lipinski definition) is 2. The topological polar surface area (TPSA) is 52.6 Å². The van der Waals surface area contributed by atoms with Crippen molar-refractivity contribution in [3.05, 3.63) is 30.3 Å². The summed E-state index contributed by atoms with van der Waals surface area (Å²) in [5.74, 6) is 0.0830. The van der Waals surface area contributed by atoms with Crippen LogP contribution in [0.5, 0.6) is 0 Å². The highest BCUT2D eigenvalue weighted by molar-refractivity contribution is 5.93. The molecule has 0 saturated heterocycles. The molecule has 1 fully saturated rings. The average Bonchev–Trinajstić information content (AvgIpc) is 2.92. The summed E-state index contributed by atoms with van der Waals surface area (Å²) in [6.45, 7) is 2.57. The minimum absolute atomic E-state index is 0.0632. The van der Waals surface area contributed by atoms with E-state index < -0.39 is 5.60 Å². The maximum atomic E-state index is 12.3. The molecular formula is C17H26N2O2. The van der Waals surface area contributed by atoms with Crippen LogP contribution in [-0.4, -0.2) is 36.2 Å². The van der Waals surface area contributed by atoms with Crippen LogP contribution in [0.4, 0.5) is 5.69 Å². The zero-order chi connectivity index (χ0) is 15.3. The van der Waals surface area contributed by atoms with E-state index in [4.69, 9.17) is 0 Å². The zero-order valence-corrected chi connectivity index (χ0v) is 13.0. The van der Waals surface area contributed by atoms with Gasteiger partial charge in [0, 0.05) is 31.7 Å². The summed E-state index contributed by atoms with van der Waals surface area (Å²) in [5.41, 5.74) is 0.340. The number of amides is 1. The predicted molar refractivity (Wildman–Crippen MR) is 85.4 cm³/mol. The molecule has 1 aliphatic carbocycles. The summed E-state index contributed by atoms with van der Waals surface area (Å²) in [6.07, 6.45) is 4.36. The van der Waals surface area contributed by atoms with Crippen molar-refractivity contribution in [2.24, 2.45) is 0 Å². The van der Waals surface area contributed by atoms with Crippen LogP contribution in [0.2, 0.25) is 0 Å². The molecule has 116 valence electrons. The number of nitrogens with zero attached hydrogens (tertiary/aromatic N) is 1. The first kappa shape index (κ1) is 16.0. The van der Waals surface area contributed by atoms with Crippen LogP contribution in [0.25, 0.3) is 0 Å². The van der Waals surface area contributed by atoms with Crippen LogP contribution in [0.15, 0.2) is 30.3 Å². The highest BCUT2D eigenvalue weighted by atomic mass is 16.3. The van der Waals surface area contributed by atoms with E-state index in [1.54, 1.807) is 11.9 Å². The second kappa shape index (κ2) is 7.05. The van der Waals surface area contributed by atoms with Gasteiger partial charge in [0.05, 0.1) is 5.60 Å². The highest BCUT2D eigenvalue weighted by Gasteiger charge is 2.31. The summed E-state index contributed by atoms with van der Waals surface area (Å²) in [4.78, 5) is 13.9. The molecule has 21 heavy (non-hydrogen) atoms. The largest absolute Gasteiger partial charge is 0.389 e. The van der Waals surface area contributed by atoms with Crippen LogP contribution < -0.4 is 10.2 Å². The lowest BCUT2D eigenvalue weighted by Gasteiger charge is -2.26. The number of carbonyl (C=O) groups excluding carboxylic acids is 1. The Morgan fingerprint density at radius 1 is 1.33 bits per heavy atom. The Bertz CT molecular complexity index is 455. The second-order valence-electron chi connectivity index (χ2n) is 6.21. The van der Waals surface area contributed by atoms with Crippen molar-refractivity contribution >= 4 is 11.6 Å². The maximum Gasteiger partial charge on any atom is 0.228 e. The van der Waals surface area contributed by atoms with Crippen molar-refractivity contribution in [3.8, 4) is 0 Å². The minimum Gasteiger partial charge on any atom is -0.389 e. The molecule has 1 aromatic carbocycles. The van der Waals surface area contributed by atoms with Gasteiger partial charge in [-0.25, -0.2) is 0 Å². The first-order valence-electron chi connectivity index (χ1n) is 7.77. The third kappa shape index (κ3) is 4.55. The standard InChI is InChI=1S/C17H26N2O2/c1-14(18-13-17(21)10-6-7-11-17)12-16(20)19(2)15-8-4-3-5-9-15/h3-5,8-9,14,18,21H,6-7,10-13H2,1-2H3. The molecular weight excluding hydrogens is 264 g/mol. The molecule has 1 unspecified atom stereocenters. The molecule has 0 aliphatic heterocycles. The zero-order valence-electron chi connectivity index (χ0n) is 13.0. The molecule has 1 saturated carbocycles. The lowest BCUT2D eigenvalue weighted by molar-refractivity contribution is -0.118. The average molecular weight is 290 g/mol. The van der Waals surface area contributed by atoms with Crippen LogP contribution in [0.3, 0.4) is 0 Å². The number of hydrogen-bond acceptors (Lipinski definition) is 3. The molecule has 0 spiro atoms. The number of para-hydroxylation sites is 1. The summed E-state index contributed by atoms with van der Waals surface area (Å²) >= 11 is 0. The van der Waals surface area contributed by atoms with Gasteiger partial charge in [-0.1, -0.05) is 31.0 Å². The van der Waals surface area contributed by atoms with Gasteiger partial charge in [-0.3, -0.25) is 4.79 Å². The molecule has 1 aliphatic rings. The van der Waals surface area contributed by atoms with Gasteiger partial charge in [0.1, 0.15) is 0 Å². The molecule has 1 atom stereocenters. The lowest BCUT2D eigenvalue weighted by atomic mass is 10.0. The number of rotatable bonds is 6. The van der Waals surface area contributed by atoms with Crippen molar-refractivity contribution < 1.29 is 9.90 Å². The van der Waals surface area contributed by atoms with E-state index in [1.807, 2.05) is 37.3 Å². The number of benzene rings is 1. The minimum atomic E-state index is -0.567. The SMILES string of the molecule is CC(CC(=O)N(C)c1ccccc1)NCC1(O)CCCC1. The quantitative estimate of drug-likeness (QED) is 0.845. The Labute approximate surface area is 127 Å². The predicted octanol–water partition coefficient (Wildman–Crippen LogP) is 2.32. The third-order valence-electron chi connectivity index (χ3n) is 4.31.